The summed E-state index contributed by atoms with van der Waals surface area (Å²) in [4.78, 5) is 24.1. The van der Waals surface area contributed by atoms with Crippen LogP contribution < -0.4 is 5.32 Å². The van der Waals surface area contributed by atoms with Crippen LogP contribution in [0, 0.1) is 10.1 Å². The highest BCUT2D eigenvalue weighted by Crippen LogP contribution is 2.19. The van der Waals surface area contributed by atoms with Gasteiger partial charge in [-0.25, -0.2) is 0 Å². The lowest BCUT2D eigenvalue weighted by molar-refractivity contribution is -0.389. The van der Waals surface area contributed by atoms with Crippen LogP contribution in [0.2, 0.25) is 0 Å². The minimum absolute atomic E-state index is 0.224. The fraction of sp³-hybridized carbons (Fsp3) is 0.118. The number of carbonyl (C=O) groups excluding carboxylic acids is 1. The SMILES string of the molecule is O=C1/C(=C\c2ccc(Cn3ccc([N+](=O)[O-])n3)o2)NC(=S)N1Cc1ccco1. The smallest absolute Gasteiger partial charge is 0.389 e. The number of hydrogen-bond donors (Lipinski definition) is 1. The molecule has 1 amide bonds. The molecule has 1 aliphatic heterocycles. The Bertz CT molecular complexity index is 1080. The first-order valence-corrected chi connectivity index (χ1v) is 8.54. The first-order chi connectivity index (χ1) is 13.5. The van der Waals surface area contributed by atoms with Crippen molar-refractivity contribution >= 4 is 35.1 Å². The second-order valence-corrected chi connectivity index (χ2v) is 6.28. The van der Waals surface area contributed by atoms with Gasteiger partial charge in [0.15, 0.2) is 5.11 Å². The normalized spacial score (nSPS) is 15.4. The molecular formula is C17H13N5O5S. The van der Waals surface area contributed by atoms with Crippen LogP contribution in [0.4, 0.5) is 5.82 Å². The maximum atomic E-state index is 12.6. The summed E-state index contributed by atoms with van der Waals surface area (Å²) in [6.07, 6.45) is 4.57. The Morgan fingerprint density at radius 3 is 2.82 bits per heavy atom. The van der Waals surface area contributed by atoms with E-state index in [9.17, 15) is 14.9 Å². The van der Waals surface area contributed by atoms with Gasteiger partial charge in [-0.15, -0.1) is 0 Å². The molecule has 1 N–H and O–H groups in total. The first-order valence-electron chi connectivity index (χ1n) is 8.13. The Kier molecular flexibility index (Phi) is 4.49. The van der Waals surface area contributed by atoms with Crippen LogP contribution in [0.15, 0.2) is 57.3 Å². The number of aromatic nitrogens is 2. The zero-order valence-electron chi connectivity index (χ0n) is 14.3. The van der Waals surface area contributed by atoms with E-state index in [4.69, 9.17) is 21.1 Å². The van der Waals surface area contributed by atoms with Gasteiger partial charge in [-0.05, 0) is 41.4 Å². The third kappa shape index (κ3) is 3.55. The molecule has 10 nitrogen and oxygen atoms in total. The lowest BCUT2D eigenvalue weighted by Gasteiger charge is -2.11. The largest absolute Gasteiger partial charge is 0.467 e. The lowest BCUT2D eigenvalue weighted by atomic mass is 10.3. The summed E-state index contributed by atoms with van der Waals surface area (Å²) >= 11 is 5.21. The van der Waals surface area contributed by atoms with Crippen LogP contribution in [0.25, 0.3) is 6.08 Å². The lowest BCUT2D eigenvalue weighted by Crippen LogP contribution is -2.29. The van der Waals surface area contributed by atoms with Crippen LogP contribution in [0.3, 0.4) is 0 Å². The van der Waals surface area contributed by atoms with E-state index in [1.807, 2.05) is 0 Å². The average Bonchev–Trinajstić information content (AvgIpc) is 3.43. The molecule has 0 atom stereocenters. The topological polar surface area (TPSA) is 120 Å². The van der Waals surface area contributed by atoms with Crippen LogP contribution in [0.5, 0.6) is 0 Å². The number of amides is 1. The molecule has 1 fully saturated rings. The summed E-state index contributed by atoms with van der Waals surface area (Å²) < 4.78 is 12.3. The Hall–Kier alpha value is -3.73. The van der Waals surface area contributed by atoms with Crippen molar-refractivity contribution in [3.05, 3.63) is 75.9 Å². The molecule has 4 rings (SSSR count). The van der Waals surface area contributed by atoms with Gasteiger partial charge in [-0.2, -0.15) is 4.68 Å². The standard InChI is InChI=1S/C17H13N5O5S/c23-16-14(18-17(28)21(16)10-12-2-1-7-26-12)8-11-3-4-13(27-11)9-20-6-5-15(19-20)22(24)25/h1-8H,9-10H2,(H,18,28)/b14-8+. The molecule has 3 aromatic rings. The third-order valence-corrected chi connectivity index (χ3v) is 4.28. The minimum atomic E-state index is -0.566. The van der Waals surface area contributed by atoms with E-state index in [0.717, 1.165) is 0 Å². The number of rotatable bonds is 6. The van der Waals surface area contributed by atoms with E-state index in [2.05, 4.69) is 10.4 Å². The summed E-state index contributed by atoms with van der Waals surface area (Å²) in [5.74, 6) is 1.06. The molecule has 0 spiro atoms. The molecule has 0 aromatic carbocycles. The molecule has 0 aliphatic carbocycles. The fourth-order valence-corrected chi connectivity index (χ4v) is 2.93. The summed E-state index contributed by atoms with van der Waals surface area (Å²) in [6.45, 7) is 0.456. The van der Waals surface area contributed by atoms with Crippen LogP contribution in [-0.2, 0) is 17.9 Å². The van der Waals surface area contributed by atoms with Crippen LogP contribution in [0.1, 0.15) is 17.3 Å². The van der Waals surface area contributed by atoms with Crippen molar-refractivity contribution in [2.75, 3.05) is 0 Å². The third-order valence-electron chi connectivity index (χ3n) is 3.96. The van der Waals surface area contributed by atoms with Gasteiger partial charge in [0.1, 0.15) is 29.5 Å². The van der Waals surface area contributed by atoms with Gasteiger partial charge in [0.25, 0.3) is 5.91 Å². The van der Waals surface area contributed by atoms with E-state index in [1.54, 1.807) is 30.3 Å². The highest BCUT2D eigenvalue weighted by atomic mass is 32.1. The maximum absolute atomic E-state index is 12.6. The zero-order valence-corrected chi connectivity index (χ0v) is 15.1. The molecule has 3 aromatic heterocycles. The molecule has 0 radical (unpaired) electrons. The van der Waals surface area contributed by atoms with Crippen molar-refractivity contribution in [2.24, 2.45) is 0 Å². The Morgan fingerprint density at radius 1 is 1.25 bits per heavy atom. The van der Waals surface area contributed by atoms with Gasteiger partial charge in [0, 0.05) is 6.08 Å². The fourth-order valence-electron chi connectivity index (χ4n) is 2.67. The molecule has 28 heavy (non-hydrogen) atoms. The maximum Gasteiger partial charge on any atom is 0.389 e. The summed E-state index contributed by atoms with van der Waals surface area (Å²) in [7, 11) is 0. The number of furan rings is 2. The number of thiocarbonyl (C=S) groups is 1. The second-order valence-electron chi connectivity index (χ2n) is 5.89. The number of nitrogens with one attached hydrogen (secondary N) is 1. The van der Waals surface area contributed by atoms with Crippen molar-refractivity contribution in [2.45, 2.75) is 13.1 Å². The van der Waals surface area contributed by atoms with Crippen LogP contribution in [-0.4, -0.2) is 30.6 Å². The van der Waals surface area contributed by atoms with Crippen molar-refractivity contribution in [1.82, 2.24) is 20.0 Å². The average molecular weight is 399 g/mol. The zero-order chi connectivity index (χ0) is 19.7. The highest BCUT2D eigenvalue weighted by Gasteiger charge is 2.31. The summed E-state index contributed by atoms with van der Waals surface area (Å²) in [5.41, 5.74) is 0.284. The molecular weight excluding hydrogens is 386 g/mol. The van der Waals surface area contributed by atoms with Gasteiger partial charge in [0.05, 0.1) is 30.2 Å². The second kappa shape index (κ2) is 7.12. The van der Waals surface area contributed by atoms with Gasteiger partial charge < -0.3 is 24.3 Å². The van der Waals surface area contributed by atoms with E-state index in [-0.39, 0.29) is 35.6 Å². The minimum Gasteiger partial charge on any atom is -0.467 e. The summed E-state index contributed by atoms with van der Waals surface area (Å²) in [6, 6.07) is 8.20. The van der Waals surface area contributed by atoms with Crippen molar-refractivity contribution < 1.29 is 18.6 Å². The van der Waals surface area contributed by atoms with E-state index < -0.39 is 4.92 Å². The number of nitrogens with zero attached hydrogens (tertiary/aromatic N) is 4. The van der Waals surface area contributed by atoms with Gasteiger partial charge >= 0.3 is 5.82 Å². The van der Waals surface area contributed by atoms with Crippen molar-refractivity contribution in [3.8, 4) is 0 Å². The Labute approximate surface area is 163 Å². The van der Waals surface area contributed by atoms with Gasteiger partial charge in [-0.1, -0.05) is 0 Å². The summed E-state index contributed by atoms with van der Waals surface area (Å²) in [5, 5.41) is 17.7. The number of carbonyl (C=O) groups is 1. The Balaban J connectivity index is 1.46. The Morgan fingerprint density at radius 2 is 2.11 bits per heavy atom. The molecule has 0 saturated carbocycles. The first kappa shape index (κ1) is 17.7. The quantitative estimate of drug-likeness (QED) is 0.290. The number of hydrogen-bond acceptors (Lipinski definition) is 7. The van der Waals surface area contributed by atoms with Crippen molar-refractivity contribution in [3.63, 3.8) is 0 Å². The van der Waals surface area contributed by atoms with Crippen molar-refractivity contribution in [1.29, 1.82) is 0 Å². The highest BCUT2D eigenvalue weighted by molar-refractivity contribution is 7.80. The predicted molar refractivity (Wildman–Crippen MR) is 99.7 cm³/mol. The molecule has 11 heteroatoms. The van der Waals surface area contributed by atoms with E-state index >= 15 is 0 Å². The monoisotopic (exact) mass is 399 g/mol. The number of nitro groups is 1. The molecule has 142 valence electrons. The van der Waals surface area contributed by atoms with Gasteiger partial charge in [-0.3, -0.25) is 9.69 Å². The van der Waals surface area contributed by atoms with Crippen LogP contribution >= 0.6 is 12.2 Å². The molecule has 0 unspecified atom stereocenters. The van der Waals surface area contributed by atoms with E-state index in [0.29, 0.717) is 17.3 Å². The molecule has 4 heterocycles. The van der Waals surface area contributed by atoms with E-state index in [1.165, 1.54) is 28.1 Å². The van der Waals surface area contributed by atoms with Gasteiger partial charge in [0.2, 0.25) is 0 Å². The molecule has 0 bridgehead atoms. The predicted octanol–water partition coefficient (Wildman–Crippen LogP) is 2.28. The molecule has 1 aliphatic rings. The molecule has 1 saturated heterocycles.